The van der Waals surface area contributed by atoms with Crippen molar-refractivity contribution >= 4 is 5.97 Å². The number of hydrogen-bond acceptors (Lipinski definition) is 3. The molecule has 0 bridgehead atoms. The zero-order valence-electron chi connectivity index (χ0n) is 10.3. The van der Waals surface area contributed by atoms with Gasteiger partial charge < -0.3 is 15.6 Å². The number of ether oxygens (including phenoxy) is 1. The zero-order chi connectivity index (χ0) is 13.7. The van der Waals surface area contributed by atoms with Crippen LogP contribution >= 0.6 is 0 Å². The first-order chi connectivity index (χ1) is 9.15. The number of nitrogens with two attached hydrogens (primary N) is 1. The van der Waals surface area contributed by atoms with Crippen molar-refractivity contribution in [3.8, 4) is 11.5 Å². The number of carboxylic acids is 1. The van der Waals surface area contributed by atoms with Crippen LogP contribution in [0.15, 0.2) is 54.6 Å². The van der Waals surface area contributed by atoms with E-state index in [1.54, 1.807) is 24.3 Å². The maximum Gasteiger partial charge on any atom is 0.305 e. The predicted molar refractivity (Wildman–Crippen MR) is 72.1 cm³/mol. The average molecular weight is 257 g/mol. The van der Waals surface area contributed by atoms with E-state index in [-0.39, 0.29) is 6.42 Å². The summed E-state index contributed by atoms with van der Waals surface area (Å²) in [7, 11) is 0. The van der Waals surface area contributed by atoms with Gasteiger partial charge in [0.15, 0.2) is 0 Å². The van der Waals surface area contributed by atoms with E-state index >= 15 is 0 Å². The average Bonchev–Trinajstić information content (AvgIpc) is 2.40. The van der Waals surface area contributed by atoms with E-state index in [1.165, 1.54) is 0 Å². The van der Waals surface area contributed by atoms with Gasteiger partial charge in [-0.2, -0.15) is 0 Å². The van der Waals surface area contributed by atoms with Crippen LogP contribution in [0.25, 0.3) is 0 Å². The molecule has 4 nitrogen and oxygen atoms in total. The monoisotopic (exact) mass is 257 g/mol. The molecule has 1 atom stereocenters. The first-order valence-electron chi connectivity index (χ1n) is 5.95. The lowest BCUT2D eigenvalue weighted by molar-refractivity contribution is -0.137. The van der Waals surface area contributed by atoms with Gasteiger partial charge >= 0.3 is 5.97 Å². The molecule has 4 heteroatoms. The fourth-order valence-electron chi connectivity index (χ4n) is 1.71. The van der Waals surface area contributed by atoms with Crippen molar-refractivity contribution in [2.75, 3.05) is 0 Å². The second-order valence-corrected chi connectivity index (χ2v) is 4.19. The van der Waals surface area contributed by atoms with Crippen molar-refractivity contribution < 1.29 is 14.6 Å². The maximum absolute atomic E-state index is 10.6. The number of carbonyl (C=O) groups is 1. The fourth-order valence-corrected chi connectivity index (χ4v) is 1.71. The lowest BCUT2D eigenvalue weighted by Crippen LogP contribution is -2.14. The van der Waals surface area contributed by atoms with E-state index in [0.717, 1.165) is 11.3 Å². The molecule has 0 spiro atoms. The van der Waals surface area contributed by atoms with Crippen LogP contribution in [0.5, 0.6) is 11.5 Å². The zero-order valence-corrected chi connectivity index (χ0v) is 10.3. The minimum absolute atomic E-state index is 0.0844. The van der Waals surface area contributed by atoms with E-state index in [9.17, 15) is 4.79 Å². The van der Waals surface area contributed by atoms with E-state index in [2.05, 4.69) is 0 Å². The van der Waals surface area contributed by atoms with Crippen molar-refractivity contribution in [2.24, 2.45) is 5.73 Å². The molecule has 0 aliphatic carbocycles. The third-order valence-corrected chi connectivity index (χ3v) is 2.68. The van der Waals surface area contributed by atoms with Gasteiger partial charge in [0, 0.05) is 6.04 Å². The molecule has 0 saturated carbocycles. The Bertz CT molecular complexity index is 537. The van der Waals surface area contributed by atoms with Gasteiger partial charge in [-0.05, 0) is 29.8 Å². The molecule has 2 aromatic carbocycles. The molecule has 0 saturated heterocycles. The Morgan fingerprint density at radius 3 is 2.21 bits per heavy atom. The molecular formula is C15H15NO3. The van der Waals surface area contributed by atoms with Gasteiger partial charge in [0.2, 0.25) is 0 Å². The quantitative estimate of drug-likeness (QED) is 0.863. The third kappa shape index (κ3) is 3.82. The molecule has 0 fully saturated rings. The highest BCUT2D eigenvalue weighted by atomic mass is 16.5. The summed E-state index contributed by atoms with van der Waals surface area (Å²) in [6, 6.07) is 16.1. The summed E-state index contributed by atoms with van der Waals surface area (Å²) in [5.74, 6) is 0.541. The summed E-state index contributed by atoms with van der Waals surface area (Å²) in [6.07, 6.45) is -0.0844. The highest BCUT2D eigenvalue weighted by Crippen LogP contribution is 2.23. The number of carboxylic acid groups (broad SMARTS) is 1. The summed E-state index contributed by atoms with van der Waals surface area (Å²) in [5.41, 5.74) is 6.56. The lowest BCUT2D eigenvalue weighted by Gasteiger charge is -2.10. The summed E-state index contributed by atoms with van der Waals surface area (Å²) in [4.78, 5) is 10.6. The number of hydrogen-bond donors (Lipinski definition) is 2. The first-order valence-corrected chi connectivity index (χ1v) is 5.95. The maximum atomic E-state index is 10.6. The summed E-state index contributed by atoms with van der Waals surface area (Å²) in [5, 5.41) is 8.69. The van der Waals surface area contributed by atoms with Gasteiger partial charge in [0.1, 0.15) is 11.5 Å². The minimum Gasteiger partial charge on any atom is -0.481 e. The topological polar surface area (TPSA) is 72.6 Å². The summed E-state index contributed by atoms with van der Waals surface area (Å²) in [6.45, 7) is 0. The van der Waals surface area contributed by atoms with Crippen molar-refractivity contribution in [3.05, 3.63) is 60.2 Å². The summed E-state index contributed by atoms with van der Waals surface area (Å²) < 4.78 is 5.64. The van der Waals surface area contributed by atoms with Crippen LogP contribution in [0.3, 0.4) is 0 Å². The van der Waals surface area contributed by atoms with Crippen LogP contribution in [0.4, 0.5) is 0 Å². The standard InChI is InChI=1S/C15H15NO3/c16-14(10-15(17)18)11-6-8-13(9-7-11)19-12-4-2-1-3-5-12/h1-9,14H,10,16H2,(H,17,18)/t14-/m1/s1. The van der Waals surface area contributed by atoms with Crippen molar-refractivity contribution in [1.82, 2.24) is 0 Å². The molecule has 0 unspecified atom stereocenters. The normalized spacial score (nSPS) is 11.8. The Hall–Kier alpha value is -2.33. The molecule has 19 heavy (non-hydrogen) atoms. The van der Waals surface area contributed by atoms with Crippen LogP contribution in [-0.4, -0.2) is 11.1 Å². The fraction of sp³-hybridized carbons (Fsp3) is 0.133. The molecule has 0 heterocycles. The van der Waals surface area contributed by atoms with Crippen LogP contribution in [-0.2, 0) is 4.79 Å². The smallest absolute Gasteiger partial charge is 0.305 e. The highest BCUT2D eigenvalue weighted by Gasteiger charge is 2.10. The van der Waals surface area contributed by atoms with Crippen LogP contribution in [0.1, 0.15) is 18.0 Å². The molecule has 0 radical (unpaired) electrons. The van der Waals surface area contributed by atoms with Crippen molar-refractivity contribution in [2.45, 2.75) is 12.5 Å². The second kappa shape index (κ2) is 6.02. The Morgan fingerprint density at radius 2 is 1.63 bits per heavy atom. The number of benzene rings is 2. The van der Waals surface area contributed by atoms with Gasteiger partial charge in [-0.25, -0.2) is 0 Å². The van der Waals surface area contributed by atoms with E-state index in [0.29, 0.717) is 5.75 Å². The Labute approximate surface area is 111 Å². The van der Waals surface area contributed by atoms with E-state index in [1.807, 2.05) is 30.3 Å². The van der Waals surface area contributed by atoms with Gasteiger partial charge in [-0.1, -0.05) is 30.3 Å². The molecule has 0 aliphatic heterocycles. The Morgan fingerprint density at radius 1 is 1.05 bits per heavy atom. The van der Waals surface area contributed by atoms with Gasteiger partial charge in [-0.15, -0.1) is 0 Å². The van der Waals surface area contributed by atoms with Gasteiger partial charge in [0.25, 0.3) is 0 Å². The molecule has 3 N–H and O–H groups in total. The van der Waals surface area contributed by atoms with E-state index in [4.69, 9.17) is 15.6 Å². The SMILES string of the molecule is N[C@H](CC(=O)O)c1ccc(Oc2ccccc2)cc1. The van der Waals surface area contributed by atoms with Crippen molar-refractivity contribution in [1.29, 1.82) is 0 Å². The van der Waals surface area contributed by atoms with E-state index < -0.39 is 12.0 Å². The predicted octanol–water partition coefficient (Wildman–Crippen LogP) is 2.95. The van der Waals surface area contributed by atoms with Crippen LogP contribution in [0.2, 0.25) is 0 Å². The van der Waals surface area contributed by atoms with Gasteiger partial charge in [0.05, 0.1) is 6.42 Å². The molecule has 0 aromatic heterocycles. The van der Waals surface area contributed by atoms with Crippen LogP contribution < -0.4 is 10.5 Å². The Kier molecular flexibility index (Phi) is 4.15. The number of aliphatic carboxylic acids is 1. The third-order valence-electron chi connectivity index (χ3n) is 2.68. The molecule has 2 rings (SSSR count). The largest absolute Gasteiger partial charge is 0.481 e. The van der Waals surface area contributed by atoms with Crippen molar-refractivity contribution in [3.63, 3.8) is 0 Å². The molecular weight excluding hydrogens is 242 g/mol. The lowest BCUT2D eigenvalue weighted by atomic mass is 10.0. The molecule has 0 aliphatic rings. The molecule has 98 valence electrons. The number of rotatable bonds is 5. The highest BCUT2D eigenvalue weighted by molar-refractivity contribution is 5.67. The first kappa shape index (κ1) is 13.1. The minimum atomic E-state index is -0.905. The molecule has 0 amide bonds. The Balaban J connectivity index is 2.04. The summed E-state index contributed by atoms with van der Waals surface area (Å²) >= 11 is 0. The van der Waals surface area contributed by atoms with Crippen LogP contribution in [0, 0.1) is 0 Å². The molecule has 2 aromatic rings. The van der Waals surface area contributed by atoms with Gasteiger partial charge in [-0.3, -0.25) is 4.79 Å². The number of para-hydroxylation sites is 1. The second-order valence-electron chi connectivity index (χ2n) is 4.19.